The Morgan fingerprint density at radius 3 is 2.06 bits per heavy atom. The van der Waals surface area contributed by atoms with Crippen molar-refractivity contribution < 1.29 is 0 Å². The molecule has 0 saturated carbocycles. The van der Waals surface area contributed by atoms with Crippen molar-refractivity contribution in [1.29, 1.82) is 0 Å². The first-order valence-electron chi connectivity index (χ1n) is 7.88. The lowest BCUT2D eigenvalue weighted by Gasteiger charge is -2.30. The van der Waals surface area contributed by atoms with E-state index in [9.17, 15) is 0 Å². The predicted octanol–water partition coefficient (Wildman–Crippen LogP) is 1.78. The van der Waals surface area contributed by atoms with Gasteiger partial charge in [-0.15, -0.1) is 0 Å². The maximum Gasteiger partial charge on any atom is 0.0128 e. The zero-order valence-electron chi connectivity index (χ0n) is 12.0. The van der Waals surface area contributed by atoms with Gasteiger partial charge in [-0.05, 0) is 65.3 Å². The number of hydrogen-bond donors (Lipinski definition) is 3. The lowest BCUT2D eigenvalue weighted by atomic mass is 9.98. The van der Waals surface area contributed by atoms with Crippen molar-refractivity contribution in [2.45, 2.75) is 88.5 Å². The van der Waals surface area contributed by atoms with Crippen molar-refractivity contribution in [2.75, 3.05) is 6.54 Å². The minimum absolute atomic E-state index is 0.374. The SMILES string of the molecule is CC1(C)CCC(CC2CCC(CC3CCN3)N2)N1. The Kier molecular flexibility index (Phi) is 3.65. The monoisotopic (exact) mass is 251 g/mol. The molecule has 3 aliphatic heterocycles. The van der Waals surface area contributed by atoms with E-state index in [1.807, 2.05) is 0 Å². The van der Waals surface area contributed by atoms with Crippen LogP contribution >= 0.6 is 0 Å². The van der Waals surface area contributed by atoms with E-state index in [1.54, 1.807) is 0 Å². The third-order valence-corrected chi connectivity index (χ3v) is 5.11. The standard InChI is InChI=1S/C15H29N3/c1-15(2)7-5-14(18-15)10-13-4-3-12(17-13)9-11-6-8-16-11/h11-14,16-18H,3-10H2,1-2H3. The van der Waals surface area contributed by atoms with Crippen LogP contribution in [0.15, 0.2) is 0 Å². The van der Waals surface area contributed by atoms with Crippen LogP contribution in [0.1, 0.15) is 58.8 Å². The summed E-state index contributed by atoms with van der Waals surface area (Å²) < 4.78 is 0. The summed E-state index contributed by atoms with van der Waals surface area (Å²) in [7, 11) is 0. The summed E-state index contributed by atoms with van der Waals surface area (Å²) >= 11 is 0. The molecule has 0 spiro atoms. The highest BCUT2D eigenvalue weighted by Crippen LogP contribution is 2.28. The summed E-state index contributed by atoms with van der Waals surface area (Å²) in [6.07, 6.45) is 9.54. The number of hydrogen-bond acceptors (Lipinski definition) is 3. The van der Waals surface area contributed by atoms with E-state index in [2.05, 4.69) is 29.8 Å². The highest BCUT2D eigenvalue weighted by molar-refractivity contribution is 4.95. The largest absolute Gasteiger partial charge is 0.314 e. The van der Waals surface area contributed by atoms with E-state index in [1.165, 1.54) is 51.5 Å². The fourth-order valence-electron chi connectivity index (χ4n) is 3.92. The molecule has 3 aliphatic rings. The van der Waals surface area contributed by atoms with Crippen LogP contribution in [0.5, 0.6) is 0 Å². The second-order valence-electron chi connectivity index (χ2n) is 7.31. The number of nitrogens with one attached hydrogen (secondary N) is 3. The van der Waals surface area contributed by atoms with E-state index in [-0.39, 0.29) is 0 Å². The van der Waals surface area contributed by atoms with Gasteiger partial charge in [0.1, 0.15) is 0 Å². The summed E-state index contributed by atoms with van der Waals surface area (Å²) in [5, 5.41) is 11.2. The Balaban J connectivity index is 1.39. The first-order valence-corrected chi connectivity index (χ1v) is 7.88. The molecule has 3 N–H and O–H groups in total. The van der Waals surface area contributed by atoms with Gasteiger partial charge in [0.2, 0.25) is 0 Å². The maximum atomic E-state index is 3.86. The molecule has 3 saturated heterocycles. The molecule has 3 heteroatoms. The summed E-state index contributed by atoms with van der Waals surface area (Å²) in [6.45, 7) is 5.90. The summed E-state index contributed by atoms with van der Waals surface area (Å²) in [4.78, 5) is 0. The van der Waals surface area contributed by atoms with Gasteiger partial charge in [0.15, 0.2) is 0 Å². The lowest BCUT2D eigenvalue weighted by Crippen LogP contribution is -2.47. The molecule has 3 nitrogen and oxygen atoms in total. The third-order valence-electron chi connectivity index (χ3n) is 5.11. The van der Waals surface area contributed by atoms with Crippen molar-refractivity contribution >= 4 is 0 Å². The third kappa shape index (κ3) is 3.06. The molecule has 3 heterocycles. The van der Waals surface area contributed by atoms with E-state index < -0.39 is 0 Å². The zero-order valence-corrected chi connectivity index (χ0v) is 12.0. The smallest absolute Gasteiger partial charge is 0.0128 e. The van der Waals surface area contributed by atoms with Crippen molar-refractivity contribution in [2.24, 2.45) is 0 Å². The normalized spacial score (nSPS) is 43.0. The van der Waals surface area contributed by atoms with Gasteiger partial charge < -0.3 is 16.0 Å². The molecule has 0 aromatic heterocycles. The molecule has 0 radical (unpaired) electrons. The van der Waals surface area contributed by atoms with Gasteiger partial charge in [0, 0.05) is 29.7 Å². The molecule has 0 aromatic carbocycles. The summed E-state index contributed by atoms with van der Waals surface area (Å²) in [6, 6.07) is 3.10. The van der Waals surface area contributed by atoms with Crippen LogP contribution in [0.2, 0.25) is 0 Å². The van der Waals surface area contributed by atoms with E-state index >= 15 is 0 Å². The van der Waals surface area contributed by atoms with E-state index in [4.69, 9.17) is 0 Å². The van der Waals surface area contributed by atoms with Gasteiger partial charge in [-0.2, -0.15) is 0 Å². The summed E-state index contributed by atoms with van der Waals surface area (Å²) in [5.41, 5.74) is 0.374. The molecule has 0 amide bonds. The highest BCUT2D eigenvalue weighted by Gasteiger charge is 2.34. The molecule has 0 aromatic rings. The Morgan fingerprint density at radius 2 is 1.56 bits per heavy atom. The van der Waals surface area contributed by atoms with Crippen LogP contribution in [0, 0.1) is 0 Å². The van der Waals surface area contributed by atoms with Gasteiger partial charge >= 0.3 is 0 Å². The summed E-state index contributed by atoms with van der Waals surface area (Å²) in [5.74, 6) is 0. The molecule has 4 atom stereocenters. The lowest BCUT2D eigenvalue weighted by molar-refractivity contribution is 0.312. The van der Waals surface area contributed by atoms with E-state index in [0.29, 0.717) is 5.54 Å². The quantitative estimate of drug-likeness (QED) is 0.713. The van der Waals surface area contributed by atoms with Gasteiger partial charge in [-0.25, -0.2) is 0 Å². The van der Waals surface area contributed by atoms with Crippen LogP contribution in [0.4, 0.5) is 0 Å². The van der Waals surface area contributed by atoms with Crippen molar-refractivity contribution in [3.63, 3.8) is 0 Å². The Bertz CT molecular complexity index is 285. The second-order valence-corrected chi connectivity index (χ2v) is 7.31. The Hall–Kier alpha value is -0.120. The number of rotatable bonds is 4. The van der Waals surface area contributed by atoms with Crippen molar-refractivity contribution in [3.05, 3.63) is 0 Å². The molecule has 0 bridgehead atoms. The Labute approximate surface area is 111 Å². The van der Waals surface area contributed by atoms with Gasteiger partial charge in [-0.1, -0.05) is 0 Å². The van der Waals surface area contributed by atoms with Crippen molar-refractivity contribution in [3.8, 4) is 0 Å². The minimum atomic E-state index is 0.374. The maximum absolute atomic E-state index is 3.86. The fraction of sp³-hybridized carbons (Fsp3) is 1.00. The first kappa shape index (κ1) is 12.9. The van der Waals surface area contributed by atoms with Gasteiger partial charge in [0.25, 0.3) is 0 Å². The fourth-order valence-corrected chi connectivity index (χ4v) is 3.92. The minimum Gasteiger partial charge on any atom is -0.314 e. The zero-order chi connectivity index (χ0) is 12.6. The van der Waals surface area contributed by atoms with E-state index in [0.717, 1.165) is 24.2 Å². The average molecular weight is 251 g/mol. The molecule has 3 rings (SSSR count). The average Bonchev–Trinajstić information content (AvgIpc) is 2.80. The molecule has 104 valence electrons. The molecule has 3 fully saturated rings. The van der Waals surface area contributed by atoms with Crippen LogP contribution < -0.4 is 16.0 Å². The van der Waals surface area contributed by atoms with Gasteiger partial charge in [-0.3, -0.25) is 0 Å². The molecule has 18 heavy (non-hydrogen) atoms. The predicted molar refractivity (Wildman–Crippen MR) is 75.8 cm³/mol. The Morgan fingerprint density at radius 1 is 0.889 bits per heavy atom. The van der Waals surface area contributed by atoms with Crippen LogP contribution in [0.25, 0.3) is 0 Å². The topological polar surface area (TPSA) is 36.1 Å². The molecular weight excluding hydrogens is 222 g/mol. The van der Waals surface area contributed by atoms with Crippen LogP contribution in [-0.4, -0.2) is 36.3 Å². The van der Waals surface area contributed by atoms with Crippen LogP contribution in [-0.2, 0) is 0 Å². The van der Waals surface area contributed by atoms with Gasteiger partial charge in [0.05, 0.1) is 0 Å². The van der Waals surface area contributed by atoms with Crippen LogP contribution in [0.3, 0.4) is 0 Å². The molecule has 0 aliphatic carbocycles. The second kappa shape index (κ2) is 5.10. The van der Waals surface area contributed by atoms with Crippen molar-refractivity contribution in [1.82, 2.24) is 16.0 Å². The highest BCUT2D eigenvalue weighted by atomic mass is 15.1. The first-order chi connectivity index (χ1) is 8.61. The molecular formula is C15H29N3. The molecule has 4 unspecified atom stereocenters.